The molecule has 0 spiro atoms. The summed E-state index contributed by atoms with van der Waals surface area (Å²) in [6.45, 7) is 4.75. The van der Waals surface area contributed by atoms with Gasteiger partial charge in [-0.1, -0.05) is 18.2 Å². The Morgan fingerprint density at radius 3 is 3.00 bits per heavy atom. The van der Waals surface area contributed by atoms with Crippen LogP contribution in [0, 0.1) is 5.41 Å². The topological polar surface area (TPSA) is 30.9 Å². The van der Waals surface area contributed by atoms with Crippen molar-refractivity contribution in [2.24, 2.45) is 5.41 Å². The van der Waals surface area contributed by atoms with Gasteiger partial charge in [0.15, 0.2) is 0 Å². The standard InChI is InChI=1S/C18H27NO3/c1-20-14-18-9-5-11-22-17(18)8-10-19(13-18)12-15-6-3-4-7-16(15)21-2/h3-4,6-7,17H,5,8-14H2,1-2H3/t17-,18-/m1/s1. The summed E-state index contributed by atoms with van der Waals surface area (Å²) in [4.78, 5) is 2.53. The van der Waals surface area contributed by atoms with Crippen LogP contribution < -0.4 is 4.74 Å². The van der Waals surface area contributed by atoms with Crippen molar-refractivity contribution in [3.63, 3.8) is 0 Å². The normalized spacial score (nSPS) is 29.1. The second-order valence-corrected chi connectivity index (χ2v) is 6.57. The molecule has 22 heavy (non-hydrogen) atoms. The highest BCUT2D eigenvalue weighted by Gasteiger charge is 2.45. The molecule has 0 unspecified atom stereocenters. The number of likely N-dealkylation sites (tertiary alicyclic amines) is 1. The van der Waals surface area contributed by atoms with E-state index in [4.69, 9.17) is 14.2 Å². The molecular formula is C18H27NO3. The molecule has 0 saturated carbocycles. The predicted octanol–water partition coefficient (Wildman–Crippen LogP) is 2.71. The Morgan fingerprint density at radius 1 is 1.32 bits per heavy atom. The molecule has 0 N–H and O–H groups in total. The Hall–Kier alpha value is -1.10. The second-order valence-electron chi connectivity index (χ2n) is 6.57. The minimum absolute atomic E-state index is 0.160. The van der Waals surface area contributed by atoms with Crippen LogP contribution in [0.2, 0.25) is 0 Å². The zero-order valence-electron chi connectivity index (χ0n) is 13.7. The fourth-order valence-electron chi connectivity index (χ4n) is 4.09. The summed E-state index contributed by atoms with van der Waals surface area (Å²) in [5, 5.41) is 0. The number of para-hydroxylation sites is 1. The van der Waals surface area contributed by atoms with Crippen LogP contribution in [-0.4, -0.2) is 51.5 Å². The van der Waals surface area contributed by atoms with E-state index in [0.717, 1.165) is 51.4 Å². The van der Waals surface area contributed by atoms with E-state index >= 15 is 0 Å². The van der Waals surface area contributed by atoms with Gasteiger partial charge in [0.25, 0.3) is 0 Å². The Labute approximate surface area is 133 Å². The maximum absolute atomic E-state index is 6.05. The summed E-state index contributed by atoms with van der Waals surface area (Å²) in [6, 6.07) is 8.30. The van der Waals surface area contributed by atoms with Crippen molar-refractivity contribution in [1.29, 1.82) is 0 Å². The van der Waals surface area contributed by atoms with E-state index in [0.29, 0.717) is 6.10 Å². The molecule has 0 radical (unpaired) electrons. The average molecular weight is 305 g/mol. The van der Waals surface area contributed by atoms with Crippen molar-refractivity contribution >= 4 is 0 Å². The first-order valence-corrected chi connectivity index (χ1v) is 8.22. The first kappa shape index (κ1) is 15.8. The highest BCUT2D eigenvalue weighted by atomic mass is 16.5. The summed E-state index contributed by atoms with van der Waals surface area (Å²) >= 11 is 0. The van der Waals surface area contributed by atoms with E-state index in [1.165, 1.54) is 12.0 Å². The summed E-state index contributed by atoms with van der Waals surface area (Å²) in [7, 11) is 3.55. The molecule has 1 aromatic carbocycles. The van der Waals surface area contributed by atoms with Crippen LogP contribution in [0.1, 0.15) is 24.8 Å². The minimum Gasteiger partial charge on any atom is -0.496 e. The highest BCUT2D eigenvalue weighted by Crippen LogP contribution is 2.41. The third kappa shape index (κ3) is 3.14. The van der Waals surface area contributed by atoms with Crippen LogP contribution in [0.4, 0.5) is 0 Å². The predicted molar refractivity (Wildman–Crippen MR) is 86.2 cm³/mol. The molecule has 0 bridgehead atoms. The Bertz CT molecular complexity index is 489. The summed E-state index contributed by atoms with van der Waals surface area (Å²) in [6.07, 6.45) is 3.80. The van der Waals surface area contributed by atoms with Gasteiger partial charge in [0.05, 0.1) is 19.8 Å². The fourth-order valence-corrected chi connectivity index (χ4v) is 4.09. The molecule has 2 aliphatic heterocycles. The summed E-state index contributed by atoms with van der Waals surface area (Å²) < 4.78 is 17.1. The van der Waals surface area contributed by atoms with Crippen LogP contribution in [0.25, 0.3) is 0 Å². The zero-order chi connectivity index (χ0) is 15.4. The van der Waals surface area contributed by atoms with Crippen LogP contribution in [-0.2, 0) is 16.0 Å². The number of ether oxygens (including phenoxy) is 3. The largest absolute Gasteiger partial charge is 0.496 e. The maximum atomic E-state index is 6.05. The first-order chi connectivity index (χ1) is 10.8. The van der Waals surface area contributed by atoms with Gasteiger partial charge in [0.1, 0.15) is 5.75 Å². The molecule has 0 aromatic heterocycles. The molecular weight excluding hydrogens is 278 g/mol. The van der Waals surface area contributed by atoms with Gasteiger partial charge in [-0.05, 0) is 25.3 Å². The number of hydrogen-bond donors (Lipinski definition) is 0. The van der Waals surface area contributed by atoms with Gasteiger partial charge in [-0.2, -0.15) is 0 Å². The SMILES string of the molecule is COC[C@]12CCCO[C@@H]1CCN(Cc1ccccc1OC)C2. The van der Waals surface area contributed by atoms with Gasteiger partial charge in [0, 0.05) is 44.3 Å². The molecule has 0 aliphatic carbocycles. The van der Waals surface area contributed by atoms with Crippen molar-refractivity contribution in [3.05, 3.63) is 29.8 Å². The van der Waals surface area contributed by atoms with E-state index in [9.17, 15) is 0 Å². The highest BCUT2D eigenvalue weighted by molar-refractivity contribution is 5.33. The maximum Gasteiger partial charge on any atom is 0.123 e. The van der Waals surface area contributed by atoms with Crippen molar-refractivity contribution in [3.8, 4) is 5.75 Å². The van der Waals surface area contributed by atoms with E-state index in [-0.39, 0.29) is 5.41 Å². The van der Waals surface area contributed by atoms with E-state index in [1.807, 2.05) is 12.1 Å². The number of nitrogens with zero attached hydrogens (tertiary/aromatic N) is 1. The minimum atomic E-state index is 0.160. The molecule has 2 atom stereocenters. The van der Waals surface area contributed by atoms with Gasteiger partial charge in [0.2, 0.25) is 0 Å². The lowest BCUT2D eigenvalue weighted by Crippen LogP contribution is -2.56. The third-order valence-electron chi connectivity index (χ3n) is 5.09. The molecule has 3 rings (SSSR count). The van der Waals surface area contributed by atoms with Crippen LogP contribution in [0.5, 0.6) is 5.75 Å². The number of benzene rings is 1. The van der Waals surface area contributed by atoms with Crippen LogP contribution >= 0.6 is 0 Å². The van der Waals surface area contributed by atoms with Gasteiger partial charge in [-0.25, -0.2) is 0 Å². The average Bonchev–Trinajstić information content (AvgIpc) is 2.55. The smallest absolute Gasteiger partial charge is 0.123 e. The lowest BCUT2D eigenvalue weighted by atomic mass is 9.73. The van der Waals surface area contributed by atoms with Crippen molar-refractivity contribution < 1.29 is 14.2 Å². The van der Waals surface area contributed by atoms with E-state index < -0.39 is 0 Å². The number of hydrogen-bond acceptors (Lipinski definition) is 4. The Morgan fingerprint density at radius 2 is 2.18 bits per heavy atom. The molecule has 2 fully saturated rings. The number of rotatable bonds is 5. The lowest BCUT2D eigenvalue weighted by Gasteiger charge is -2.50. The van der Waals surface area contributed by atoms with Gasteiger partial charge in [-0.15, -0.1) is 0 Å². The number of methoxy groups -OCH3 is 2. The van der Waals surface area contributed by atoms with Gasteiger partial charge in [-0.3, -0.25) is 4.90 Å². The molecule has 2 heterocycles. The fraction of sp³-hybridized carbons (Fsp3) is 0.667. The van der Waals surface area contributed by atoms with Crippen molar-refractivity contribution in [2.75, 3.05) is 40.5 Å². The first-order valence-electron chi connectivity index (χ1n) is 8.22. The van der Waals surface area contributed by atoms with Gasteiger partial charge >= 0.3 is 0 Å². The molecule has 2 aliphatic rings. The Kier molecular flexibility index (Phi) is 5.01. The summed E-state index contributed by atoms with van der Waals surface area (Å²) in [5.74, 6) is 0.977. The van der Waals surface area contributed by atoms with E-state index in [1.54, 1.807) is 14.2 Å². The van der Waals surface area contributed by atoms with Crippen LogP contribution in [0.15, 0.2) is 24.3 Å². The molecule has 4 nitrogen and oxygen atoms in total. The molecule has 4 heteroatoms. The molecule has 0 amide bonds. The quantitative estimate of drug-likeness (QED) is 0.837. The zero-order valence-corrected chi connectivity index (χ0v) is 13.7. The monoisotopic (exact) mass is 305 g/mol. The molecule has 1 aromatic rings. The number of piperidine rings is 1. The van der Waals surface area contributed by atoms with E-state index in [2.05, 4.69) is 17.0 Å². The second kappa shape index (κ2) is 6.99. The molecule has 2 saturated heterocycles. The lowest BCUT2D eigenvalue weighted by molar-refractivity contribution is -0.149. The van der Waals surface area contributed by atoms with Crippen molar-refractivity contribution in [2.45, 2.75) is 31.9 Å². The summed E-state index contributed by atoms with van der Waals surface area (Å²) in [5.41, 5.74) is 1.42. The number of fused-ring (bicyclic) bond motifs is 1. The molecule has 122 valence electrons. The third-order valence-corrected chi connectivity index (χ3v) is 5.09. The van der Waals surface area contributed by atoms with Crippen LogP contribution in [0.3, 0.4) is 0 Å². The van der Waals surface area contributed by atoms with Gasteiger partial charge < -0.3 is 14.2 Å². The van der Waals surface area contributed by atoms with Crippen molar-refractivity contribution in [1.82, 2.24) is 4.90 Å². The Balaban J connectivity index is 1.73.